The van der Waals surface area contributed by atoms with Crippen LogP contribution in [-0.2, 0) is 9.53 Å². The van der Waals surface area contributed by atoms with Gasteiger partial charge in [0.1, 0.15) is 0 Å². The number of nitro groups is 1. The molecule has 9 heteroatoms. The van der Waals surface area contributed by atoms with Crippen molar-refractivity contribution >= 4 is 17.3 Å². The van der Waals surface area contributed by atoms with Gasteiger partial charge in [-0.1, -0.05) is 42.5 Å². The molecular weight excluding hydrogens is 446 g/mol. The molecule has 1 saturated heterocycles. The number of hydrogen-bond donors (Lipinski definition) is 2. The number of ether oxygens (including phenoxy) is 1. The summed E-state index contributed by atoms with van der Waals surface area (Å²) >= 11 is 0. The first-order valence-corrected chi connectivity index (χ1v) is 11.5. The van der Waals surface area contributed by atoms with Gasteiger partial charge in [-0.05, 0) is 18.1 Å². The summed E-state index contributed by atoms with van der Waals surface area (Å²) in [5.41, 5.74) is 3.12. The van der Waals surface area contributed by atoms with E-state index in [2.05, 4.69) is 21.6 Å². The van der Waals surface area contributed by atoms with Crippen LogP contribution in [0.25, 0.3) is 5.70 Å². The zero-order valence-corrected chi connectivity index (χ0v) is 19.5. The van der Waals surface area contributed by atoms with Gasteiger partial charge in [0.2, 0.25) is 5.91 Å². The van der Waals surface area contributed by atoms with Gasteiger partial charge < -0.3 is 15.4 Å². The monoisotopic (exact) mass is 473 g/mol. The van der Waals surface area contributed by atoms with E-state index in [1.165, 1.54) is 12.1 Å². The molecule has 2 N–H and O–H groups in total. The SMILES string of the molecule is CC1=C(C(=O)NCCN2CCOCC2)C(c2cccc([N+](=O)[O-])c2)C(C#N)=C(c2ccccc2)N1. The van der Waals surface area contributed by atoms with E-state index in [1.54, 1.807) is 19.1 Å². The van der Waals surface area contributed by atoms with E-state index >= 15 is 0 Å². The average molecular weight is 474 g/mol. The average Bonchev–Trinajstić information content (AvgIpc) is 2.89. The highest BCUT2D eigenvalue weighted by molar-refractivity contribution is 5.99. The van der Waals surface area contributed by atoms with Crippen LogP contribution in [0.4, 0.5) is 5.69 Å². The van der Waals surface area contributed by atoms with Crippen molar-refractivity contribution in [3.8, 4) is 6.07 Å². The second-order valence-corrected chi connectivity index (χ2v) is 8.43. The molecule has 2 aromatic rings. The Balaban J connectivity index is 1.70. The normalized spacial score (nSPS) is 18.6. The smallest absolute Gasteiger partial charge is 0.269 e. The number of nitrogens with zero attached hydrogens (tertiary/aromatic N) is 3. The van der Waals surface area contributed by atoms with Crippen molar-refractivity contribution in [2.75, 3.05) is 39.4 Å². The third kappa shape index (κ3) is 5.40. The first kappa shape index (κ1) is 24.1. The fourth-order valence-corrected chi connectivity index (χ4v) is 4.48. The molecule has 2 heterocycles. The minimum Gasteiger partial charge on any atom is -0.379 e. The van der Waals surface area contributed by atoms with Crippen LogP contribution in [0.5, 0.6) is 0 Å². The highest BCUT2D eigenvalue weighted by Crippen LogP contribution is 2.41. The Kier molecular flexibility index (Phi) is 7.55. The predicted octanol–water partition coefficient (Wildman–Crippen LogP) is 2.94. The maximum atomic E-state index is 13.4. The van der Waals surface area contributed by atoms with E-state index < -0.39 is 10.8 Å². The number of amides is 1. The first-order chi connectivity index (χ1) is 17.0. The lowest BCUT2D eigenvalue weighted by Crippen LogP contribution is -2.42. The zero-order chi connectivity index (χ0) is 24.8. The van der Waals surface area contributed by atoms with E-state index in [0.29, 0.717) is 54.4 Å². The zero-order valence-electron chi connectivity index (χ0n) is 19.5. The molecule has 0 saturated carbocycles. The Bertz CT molecular complexity index is 1210. The minimum absolute atomic E-state index is 0.0932. The van der Waals surface area contributed by atoms with E-state index in [0.717, 1.165) is 18.7 Å². The third-order valence-corrected chi connectivity index (χ3v) is 6.22. The van der Waals surface area contributed by atoms with Crippen LogP contribution in [-0.4, -0.2) is 55.1 Å². The number of non-ortho nitro benzene ring substituents is 1. The van der Waals surface area contributed by atoms with Crippen molar-refractivity contribution < 1.29 is 14.5 Å². The molecule has 2 aromatic carbocycles. The fourth-order valence-electron chi connectivity index (χ4n) is 4.48. The quantitative estimate of drug-likeness (QED) is 0.468. The Morgan fingerprint density at radius 2 is 1.97 bits per heavy atom. The number of benzene rings is 2. The van der Waals surface area contributed by atoms with Gasteiger partial charge in [-0.2, -0.15) is 5.26 Å². The van der Waals surface area contributed by atoms with E-state index in [-0.39, 0.29) is 11.6 Å². The van der Waals surface area contributed by atoms with Gasteiger partial charge in [-0.15, -0.1) is 0 Å². The largest absolute Gasteiger partial charge is 0.379 e. The molecule has 2 aliphatic rings. The molecule has 1 fully saturated rings. The van der Waals surface area contributed by atoms with Crippen molar-refractivity contribution in [2.45, 2.75) is 12.8 Å². The summed E-state index contributed by atoms with van der Waals surface area (Å²) in [6.45, 7) is 5.90. The third-order valence-electron chi connectivity index (χ3n) is 6.22. The van der Waals surface area contributed by atoms with Crippen LogP contribution in [0.2, 0.25) is 0 Å². The summed E-state index contributed by atoms with van der Waals surface area (Å²) in [6, 6.07) is 17.8. The molecule has 0 aromatic heterocycles. The summed E-state index contributed by atoms with van der Waals surface area (Å²) in [6.07, 6.45) is 0. The molecule has 0 bridgehead atoms. The minimum atomic E-state index is -0.750. The van der Waals surface area contributed by atoms with Gasteiger partial charge in [0, 0.05) is 49.6 Å². The maximum Gasteiger partial charge on any atom is 0.269 e. The number of carbonyl (C=O) groups excluding carboxylic acids is 1. The molecule has 1 unspecified atom stereocenters. The molecular formula is C26H27N5O4. The van der Waals surface area contributed by atoms with Gasteiger partial charge in [-0.3, -0.25) is 19.8 Å². The van der Waals surface area contributed by atoms with Crippen molar-refractivity contribution in [3.05, 3.63) is 92.7 Å². The first-order valence-electron chi connectivity index (χ1n) is 11.5. The van der Waals surface area contributed by atoms with Gasteiger partial charge in [0.05, 0.1) is 41.4 Å². The van der Waals surface area contributed by atoms with Gasteiger partial charge in [0.15, 0.2) is 0 Å². The topological polar surface area (TPSA) is 121 Å². The van der Waals surface area contributed by atoms with E-state index in [9.17, 15) is 20.2 Å². The lowest BCUT2D eigenvalue weighted by Gasteiger charge is -2.31. The van der Waals surface area contributed by atoms with Gasteiger partial charge >= 0.3 is 0 Å². The molecule has 180 valence electrons. The second-order valence-electron chi connectivity index (χ2n) is 8.43. The molecule has 0 aliphatic carbocycles. The van der Waals surface area contributed by atoms with Crippen molar-refractivity contribution in [1.29, 1.82) is 5.26 Å². The van der Waals surface area contributed by atoms with Crippen LogP contribution >= 0.6 is 0 Å². The molecule has 0 spiro atoms. The highest BCUT2D eigenvalue weighted by Gasteiger charge is 2.35. The lowest BCUT2D eigenvalue weighted by molar-refractivity contribution is -0.384. The number of nitro benzene ring substituents is 1. The Morgan fingerprint density at radius 3 is 2.66 bits per heavy atom. The molecule has 4 rings (SSSR count). The van der Waals surface area contributed by atoms with Crippen molar-refractivity contribution in [2.24, 2.45) is 0 Å². The molecule has 9 nitrogen and oxygen atoms in total. The predicted molar refractivity (Wildman–Crippen MR) is 131 cm³/mol. The number of nitrogens with one attached hydrogen (secondary N) is 2. The van der Waals surface area contributed by atoms with Crippen LogP contribution in [0.3, 0.4) is 0 Å². The number of nitriles is 1. The van der Waals surface area contributed by atoms with Crippen LogP contribution in [0.1, 0.15) is 24.0 Å². The highest BCUT2D eigenvalue weighted by atomic mass is 16.6. The van der Waals surface area contributed by atoms with E-state index in [1.807, 2.05) is 30.3 Å². The molecule has 1 amide bonds. The summed E-state index contributed by atoms with van der Waals surface area (Å²) in [4.78, 5) is 26.6. The fraction of sp³-hybridized carbons (Fsp3) is 0.308. The van der Waals surface area contributed by atoms with Gasteiger partial charge in [-0.25, -0.2) is 0 Å². The van der Waals surface area contributed by atoms with Crippen LogP contribution in [0, 0.1) is 21.4 Å². The number of dihydropyridines is 1. The second kappa shape index (κ2) is 11.0. The maximum absolute atomic E-state index is 13.4. The Hall–Kier alpha value is -4.00. The van der Waals surface area contributed by atoms with Crippen molar-refractivity contribution in [3.63, 3.8) is 0 Å². The number of morpholine rings is 1. The van der Waals surface area contributed by atoms with Crippen LogP contribution < -0.4 is 10.6 Å². The lowest BCUT2D eigenvalue weighted by atomic mass is 9.79. The van der Waals surface area contributed by atoms with Crippen LogP contribution in [0.15, 0.2) is 71.4 Å². The molecule has 35 heavy (non-hydrogen) atoms. The standard InChI is InChI=1S/C26H27N5O4/c1-18-23(26(32)28-10-11-30-12-14-35-15-13-30)24(20-8-5-9-21(16-20)31(33)34)22(17-27)25(29-18)19-6-3-2-4-7-19/h2-9,16,24,29H,10-15H2,1H3,(H,28,32). The summed E-state index contributed by atoms with van der Waals surface area (Å²) in [5.74, 6) is -1.06. The summed E-state index contributed by atoms with van der Waals surface area (Å²) < 4.78 is 5.37. The number of allylic oxidation sites excluding steroid dienone is 2. The van der Waals surface area contributed by atoms with E-state index in [4.69, 9.17) is 4.74 Å². The number of hydrogen-bond acceptors (Lipinski definition) is 7. The number of rotatable bonds is 7. The number of carbonyl (C=O) groups is 1. The Labute approximate surface area is 203 Å². The summed E-state index contributed by atoms with van der Waals surface area (Å²) in [5, 5.41) is 27.9. The van der Waals surface area contributed by atoms with Gasteiger partial charge in [0.25, 0.3) is 5.69 Å². The molecule has 0 radical (unpaired) electrons. The van der Waals surface area contributed by atoms with Crippen molar-refractivity contribution in [1.82, 2.24) is 15.5 Å². The summed E-state index contributed by atoms with van der Waals surface area (Å²) in [7, 11) is 0. The molecule has 1 atom stereocenters. The molecule has 2 aliphatic heterocycles. The Morgan fingerprint density at radius 1 is 1.23 bits per heavy atom.